The monoisotopic (exact) mass is 261 g/mol. The van der Waals surface area contributed by atoms with Crippen molar-refractivity contribution in [3.63, 3.8) is 0 Å². The summed E-state index contributed by atoms with van der Waals surface area (Å²) in [5.74, 6) is 1.16. The van der Waals surface area contributed by atoms with Gasteiger partial charge in [-0.2, -0.15) is 0 Å². The molecular weight excluding hydrogens is 246 g/mol. The summed E-state index contributed by atoms with van der Waals surface area (Å²) in [6.45, 7) is 0.848. The first-order chi connectivity index (χ1) is 7.83. The van der Waals surface area contributed by atoms with Crippen molar-refractivity contribution < 1.29 is 14.4 Å². The molecule has 1 aromatic rings. The van der Waals surface area contributed by atoms with E-state index in [1.165, 1.54) is 4.88 Å². The van der Waals surface area contributed by atoms with Crippen molar-refractivity contribution in [1.82, 2.24) is 5.48 Å². The summed E-state index contributed by atoms with van der Waals surface area (Å²) in [6.07, 6.45) is 0. The first-order valence-electron chi connectivity index (χ1n) is 4.82. The van der Waals surface area contributed by atoms with Gasteiger partial charge in [-0.15, -0.1) is 23.1 Å². The molecule has 4 nitrogen and oxygen atoms in total. The average molecular weight is 261 g/mol. The number of rotatable bonds is 8. The molecular formula is C10H15NO3S2. The smallest absolute Gasteiger partial charge is 0.253 e. The molecule has 0 aliphatic heterocycles. The quantitative estimate of drug-likeness (QED) is 0.571. The Labute approximate surface area is 103 Å². The molecule has 90 valence electrons. The van der Waals surface area contributed by atoms with Crippen molar-refractivity contribution in [2.75, 3.05) is 26.1 Å². The molecule has 1 heterocycles. The molecule has 1 N–H and O–H groups in total. The van der Waals surface area contributed by atoms with Crippen LogP contribution in [-0.4, -0.2) is 32.0 Å². The SMILES string of the molecule is COCCONC(=O)CSCc1cccs1. The van der Waals surface area contributed by atoms with E-state index in [1.54, 1.807) is 30.2 Å². The van der Waals surface area contributed by atoms with Crippen LogP contribution in [0.15, 0.2) is 17.5 Å². The fourth-order valence-corrected chi connectivity index (χ4v) is 2.58. The molecule has 1 aromatic heterocycles. The third-order valence-electron chi connectivity index (χ3n) is 1.63. The molecule has 0 unspecified atom stereocenters. The van der Waals surface area contributed by atoms with E-state index in [-0.39, 0.29) is 5.91 Å². The highest BCUT2D eigenvalue weighted by atomic mass is 32.2. The van der Waals surface area contributed by atoms with E-state index in [0.717, 1.165) is 5.75 Å². The van der Waals surface area contributed by atoms with Crippen LogP contribution in [0.5, 0.6) is 0 Å². The van der Waals surface area contributed by atoms with Gasteiger partial charge in [0.2, 0.25) is 0 Å². The fourth-order valence-electron chi connectivity index (χ4n) is 0.925. The van der Waals surface area contributed by atoms with Gasteiger partial charge >= 0.3 is 0 Å². The molecule has 16 heavy (non-hydrogen) atoms. The van der Waals surface area contributed by atoms with E-state index in [4.69, 9.17) is 9.57 Å². The average Bonchev–Trinajstić information content (AvgIpc) is 2.77. The number of carbonyl (C=O) groups excluding carboxylic acids is 1. The number of thioether (sulfide) groups is 1. The zero-order valence-corrected chi connectivity index (χ0v) is 10.7. The van der Waals surface area contributed by atoms with Gasteiger partial charge in [-0.05, 0) is 11.4 Å². The minimum absolute atomic E-state index is 0.113. The molecule has 0 saturated heterocycles. The predicted molar refractivity (Wildman–Crippen MR) is 66.5 cm³/mol. The molecule has 1 amide bonds. The summed E-state index contributed by atoms with van der Waals surface area (Å²) in [7, 11) is 1.59. The van der Waals surface area contributed by atoms with Crippen molar-refractivity contribution >= 4 is 29.0 Å². The zero-order chi connectivity index (χ0) is 11.6. The molecule has 0 aromatic carbocycles. The van der Waals surface area contributed by atoms with Crippen LogP contribution in [-0.2, 0) is 20.1 Å². The molecule has 0 saturated carbocycles. The maximum absolute atomic E-state index is 11.2. The summed E-state index contributed by atoms with van der Waals surface area (Å²) in [5.41, 5.74) is 2.36. The lowest BCUT2D eigenvalue weighted by Crippen LogP contribution is -2.26. The highest BCUT2D eigenvalue weighted by Gasteiger charge is 2.02. The van der Waals surface area contributed by atoms with Crippen molar-refractivity contribution in [1.29, 1.82) is 0 Å². The summed E-state index contributed by atoms with van der Waals surface area (Å²) in [5, 5.41) is 2.03. The molecule has 0 aliphatic rings. The Balaban J connectivity index is 1.98. The molecule has 0 radical (unpaired) electrons. The van der Waals surface area contributed by atoms with Gasteiger partial charge in [0.15, 0.2) is 0 Å². The van der Waals surface area contributed by atoms with E-state index < -0.39 is 0 Å². The topological polar surface area (TPSA) is 47.6 Å². The van der Waals surface area contributed by atoms with Gasteiger partial charge < -0.3 is 4.74 Å². The van der Waals surface area contributed by atoms with Crippen molar-refractivity contribution in [3.8, 4) is 0 Å². The third kappa shape index (κ3) is 6.12. The minimum Gasteiger partial charge on any atom is -0.382 e. The number of hydrogen-bond acceptors (Lipinski definition) is 5. The fraction of sp³-hybridized carbons (Fsp3) is 0.500. The largest absolute Gasteiger partial charge is 0.382 e. The maximum atomic E-state index is 11.2. The van der Waals surface area contributed by atoms with Crippen LogP contribution >= 0.6 is 23.1 Å². The summed E-state index contributed by atoms with van der Waals surface area (Å²) in [6, 6.07) is 4.07. The molecule has 0 spiro atoms. The molecule has 0 bridgehead atoms. The van der Waals surface area contributed by atoms with Crippen LogP contribution in [0, 0.1) is 0 Å². The van der Waals surface area contributed by atoms with Crippen LogP contribution in [0.3, 0.4) is 0 Å². The number of carbonyl (C=O) groups is 1. The second kappa shape index (κ2) is 8.58. The Kier molecular flexibility index (Phi) is 7.24. The third-order valence-corrected chi connectivity index (χ3v) is 3.67. The number of amides is 1. The molecule has 0 aliphatic carbocycles. The number of ether oxygens (including phenoxy) is 1. The Morgan fingerprint density at radius 1 is 1.56 bits per heavy atom. The van der Waals surface area contributed by atoms with Gasteiger partial charge in [-0.25, -0.2) is 5.48 Å². The summed E-state index contributed by atoms with van der Waals surface area (Å²) < 4.78 is 4.77. The van der Waals surface area contributed by atoms with Crippen molar-refractivity contribution in [2.24, 2.45) is 0 Å². The summed E-state index contributed by atoms with van der Waals surface area (Å²) in [4.78, 5) is 17.4. The Morgan fingerprint density at radius 3 is 3.12 bits per heavy atom. The number of hydrogen-bond donors (Lipinski definition) is 1. The second-order valence-electron chi connectivity index (χ2n) is 2.94. The van der Waals surface area contributed by atoms with Gasteiger partial charge in [-0.1, -0.05) is 6.07 Å². The number of nitrogens with one attached hydrogen (secondary N) is 1. The number of thiophene rings is 1. The van der Waals surface area contributed by atoms with Crippen molar-refractivity contribution in [2.45, 2.75) is 5.75 Å². The predicted octanol–water partition coefficient (Wildman–Crippen LogP) is 1.68. The van der Waals surface area contributed by atoms with Crippen LogP contribution < -0.4 is 5.48 Å². The Bertz CT molecular complexity index is 290. The maximum Gasteiger partial charge on any atom is 0.253 e. The van der Waals surface area contributed by atoms with Crippen LogP contribution in [0.2, 0.25) is 0 Å². The van der Waals surface area contributed by atoms with Gasteiger partial charge in [0.1, 0.15) is 0 Å². The van der Waals surface area contributed by atoms with Gasteiger partial charge in [0.25, 0.3) is 5.91 Å². The number of methoxy groups -OCH3 is 1. The van der Waals surface area contributed by atoms with E-state index in [9.17, 15) is 4.79 Å². The number of hydroxylamine groups is 1. The van der Waals surface area contributed by atoms with Gasteiger partial charge in [-0.3, -0.25) is 9.63 Å². The van der Waals surface area contributed by atoms with Gasteiger partial charge in [0, 0.05) is 17.7 Å². The summed E-state index contributed by atoms with van der Waals surface area (Å²) >= 11 is 3.27. The Morgan fingerprint density at radius 2 is 2.44 bits per heavy atom. The lowest BCUT2D eigenvalue weighted by molar-refractivity contribution is -0.131. The van der Waals surface area contributed by atoms with Crippen molar-refractivity contribution in [3.05, 3.63) is 22.4 Å². The van der Waals surface area contributed by atoms with Crippen LogP contribution in [0.25, 0.3) is 0 Å². The molecule has 1 rings (SSSR count). The second-order valence-corrected chi connectivity index (χ2v) is 4.96. The lowest BCUT2D eigenvalue weighted by Gasteiger charge is -2.04. The first-order valence-corrected chi connectivity index (χ1v) is 6.86. The minimum atomic E-state index is -0.113. The molecule has 0 atom stereocenters. The lowest BCUT2D eigenvalue weighted by atomic mass is 10.5. The Hall–Kier alpha value is -0.560. The molecule has 6 heteroatoms. The van der Waals surface area contributed by atoms with E-state index in [2.05, 4.69) is 11.5 Å². The first kappa shape index (κ1) is 13.5. The van der Waals surface area contributed by atoms with E-state index >= 15 is 0 Å². The highest BCUT2D eigenvalue weighted by molar-refractivity contribution is 7.99. The standard InChI is InChI=1S/C10H15NO3S2/c1-13-4-5-14-11-10(12)8-15-7-9-3-2-6-16-9/h2-3,6H,4-5,7-8H2,1H3,(H,11,12). The normalized spacial score (nSPS) is 10.3. The van der Waals surface area contributed by atoms with Crippen LogP contribution in [0.4, 0.5) is 0 Å². The van der Waals surface area contributed by atoms with E-state index in [0.29, 0.717) is 19.0 Å². The van der Waals surface area contributed by atoms with E-state index in [1.807, 2.05) is 11.4 Å². The van der Waals surface area contributed by atoms with Crippen LogP contribution in [0.1, 0.15) is 4.88 Å². The molecule has 0 fully saturated rings. The zero-order valence-electron chi connectivity index (χ0n) is 9.10. The highest BCUT2D eigenvalue weighted by Crippen LogP contribution is 2.16. The van der Waals surface area contributed by atoms with Gasteiger partial charge in [0.05, 0.1) is 19.0 Å².